The lowest BCUT2D eigenvalue weighted by atomic mass is 10.1. The topological polar surface area (TPSA) is 38.8 Å². The van der Waals surface area contributed by atoms with E-state index in [1.807, 2.05) is 60.8 Å². The standard InChI is InChI=1S/C21H23ClN4O/c22-18-7-4-8-19(15-18)25-13-11-24(12-14-25)16-21(27)26-20(9-10-23-26)17-5-2-1-3-6-17/h1-10,15,20,23H,11-14,16H2/t20-/m1/s1. The third-order valence-electron chi connectivity index (χ3n) is 5.08. The maximum Gasteiger partial charge on any atom is 0.255 e. The van der Waals surface area contributed by atoms with Gasteiger partial charge in [0.1, 0.15) is 0 Å². The van der Waals surface area contributed by atoms with Gasteiger partial charge >= 0.3 is 0 Å². The summed E-state index contributed by atoms with van der Waals surface area (Å²) in [6.45, 7) is 3.91. The van der Waals surface area contributed by atoms with Crippen molar-refractivity contribution in [1.29, 1.82) is 0 Å². The molecule has 5 nitrogen and oxygen atoms in total. The summed E-state index contributed by atoms with van der Waals surface area (Å²) in [4.78, 5) is 17.4. The van der Waals surface area contributed by atoms with Crippen LogP contribution in [0.15, 0.2) is 66.9 Å². The van der Waals surface area contributed by atoms with Crippen molar-refractivity contribution in [1.82, 2.24) is 15.3 Å². The third kappa shape index (κ3) is 4.10. The Labute approximate surface area is 164 Å². The van der Waals surface area contributed by atoms with Gasteiger partial charge in [-0.25, -0.2) is 5.01 Å². The van der Waals surface area contributed by atoms with Gasteiger partial charge in [0.05, 0.1) is 12.6 Å². The van der Waals surface area contributed by atoms with Crippen molar-refractivity contribution in [2.75, 3.05) is 37.6 Å². The predicted octanol–water partition coefficient (Wildman–Crippen LogP) is 3.06. The average Bonchev–Trinajstić information content (AvgIpc) is 3.19. The first-order valence-corrected chi connectivity index (χ1v) is 9.61. The van der Waals surface area contributed by atoms with Crippen molar-refractivity contribution in [3.63, 3.8) is 0 Å². The smallest absolute Gasteiger partial charge is 0.255 e. The minimum atomic E-state index is -0.0496. The summed E-state index contributed by atoms with van der Waals surface area (Å²) in [5.74, 6) is 0.0880. The Balaban J connectivity index is 1.33. The molecular weight excluding hydrogens is 360 g/mol. The normalized spacial score (nSPS) is 20.0. The Morgan fingerprint density at radius 3 is 2.56 bits per heavy atom. The summed E-state index contributed by atoms with van der Waals surface area (Å²) >= 11 is 6.10. The van der Waals surface area contributed by atoms with E-state index in [1.165, 1.54) is 0 Å². The number of benzene rings is 2. The largest absolute Gasteiger partial charge is 0.369 e. The zero-order valence-corrected chi connectivity index (χ0v) is 15.8. The lowest BCUT2D eigenvalue weighted by molar-refractivity contribution is -0.135. The Hall–Kier alpha value is -2.50. The summed E-state index contributed by atoms with van der Waals surface area (Å²) in [5.41, 5.74) is 5.34. The Morgan fingerprint density at radius 1 is 1.04 bits per heavy atom. The highest BCUT2D eigenvalue weighted by Crippen LogP contribution is 2.25. The number of amides is 1. The summed E-state index contributed by atoms with van der Waals surface area (Å²) in [7, 11) is 0. The molecule has 2 aromatic rings. The number of nitrogens with one attached hydrogen (secondary N) is 1. The molecule has 4 rings (SSSR count). The van der Waals surface area contributed by atoms with Crippen LogP contribution in [0.5, 0.6) is 0 Å². The highest BCUT2D eigenvalue weighted by atomic mass is 35.5. The van der Waals surface area contributed by atoms with Crippen molar-refractivity contribution in [3.8, 4) is 0 Å². The molecule has 1 atom stereocenters. The van der Waals surface area contributed by atoms with Gasteiger partial charge in [0.2, 0.25) is 0 Å². The van der Waals surface area contributed by atoms with Crippen molar-refractivity contribution < 1.29 is 4.79 Å². The number of halogens is 1. The monoisotopic (exact) mass is 382 g/mol. The zero-order valence-electron chi connectivity index (χ0n) is 15.1. The first kappa shape index (κ1) is 17.9. The van der Waals surface area contributed by atoms with Crippen molar-refractivity contribution >= 4 is 23.2 Å². The number of hydrazine groups is 1. The second kappa shape index (κ2) is 8.03. The van der Waals surface area contributed by atoms with E-state index >= 15 is 0 Å². The molecule has 1 amide bonds. The van der Waals surface area contributed by atoms with E-state index in [-0.39, 0.29) is 11.9 Å². The van der Waals surface area contributed by atoms with Crippen LogP contribution in [-0.2, 0) is 4.79 Å². The van der Waals surface area contributed by atoms with Crippen molar-refractivity contribution in [2.24, 2.45) is 0 Å². The zero-order chi connectivity index (χ0) is 18.6. The molecule has 2 heterocycles. The van der Waals surface area contributed by atoms with Gasteiger partial charge in [-0.15, -0.1) is 0 Å². The molecule has 140 valence electrons. The van der Waals surface area contributed by atoms with Gasteiger partial charge in [-0.3, -0.25) is 9.69 Å². The minimum Gasteiger partial charge on any atom is -0.369 e. The van der Waals surface area contributed by atoms with Crippen molar-refractivity contribution in [2.45, 2.75) is 6.04 Å². The average molecular weight is 383 g/mol. The van der Waals surface area contributed by atoms with E-state index < -0.39 is 0 Å². The van der Waals surface area contributed by atoms with Gasteiger partial charge in [0, 0.05) is 43.1 Å². The minimum absolute atomic E-state index is 0.0496. The van der Waals surface area contributed by atoms with E-state index in [1.54, 1.807) is 5.01 Å². The molecule has 6 heteroatoms. The fourth-order valence-electron chi connectivity index (χ4n) is 3.62. The number of carbonyl (C=O) groups is 1. The predicted molar refractivity (Wildman–Crippen MR) is 108 cm³/mol. The molecule has 27 heavy (non-hydrogen) atoms. The van der Waals surface area contributed by atoms with Gasteiger partial charge in [0.15, 0.2) is 0 Å². The van der Waals surface area contributed by atoms with Crippen LogP contribution in [0, 0.1) is 0 Å². The van der Waals surface area contributed by atoms with E-state index in [9.17, 15) is 4.79 Å². The molecule has 1 saturated heterocycles. The molecule has 1 N–H and O–H groups in total. The van der Waals surface area contributed by atoms with Crippen LogP contribution in [0.1, 0.15) is 11.6 Å². The van der Waals surface area contributed by atoms with Gasteiger partial charge in [-0.1, -0.05) is 48.0 Å². The molecule has 2 aromatic carbocycles. The second-order valence-corrected chi connectivity index (χ2v) is 7.29. The summed E-state index contributed by atoms with van der Waals surface area (Å²) < 4.78 is 0. The molecular formula is C21H23ClN4O. The number of piperazine rings is 1. The number of rotatable bonds is 4. The Bertz CT molecular complexity index is 818. The first-order valence-electron chi connectivity index (χ1n) is 9.23. The van der Waals surface area contributed by atoms with Crippen LogP contribution in [-0.4, -0.2) is 48.5 Å². The number of nitrogens with zero attached hydrogens (tertiary/aromatic N) is 3. The fraction of sp³-hybridized carbons (Fsp3) is 0.286. The number of hydrogen-bond donors (Lipinski definition) is 1. The summed E-state index contributed by atoms with van der Waals surface area (Å²) in [6.07, 6.45) is 3.86. The van der Waals surface area contributed by atoms with Crippen LogP contribution in [0.3, 0.4) is 0 Å². The van der Waals surface area contributed by atoms with E-state index in [2.05, 4.69) is 21.3 Å². The molecule has 0 bridgehead atoms. The van der Waals surface area contributed by atoms with Crippen LogP contribution in [0.4, 0.5) is 5.69 Å². The number of anilines is 1. The van der Waals surface area contributed by atoms with Crippen LogP contribution in [0.25, 0.3) is 0 Å². The molecule has 0 aromatic heterocycles. The SMILES string of the molecule is O=C(CN1CCN(c2cccc(Cl)c2)CC1)N1NC=C[C@@H]1c1ccccc1. The van der Waals surface area contributed by atoms with Gasteiger partial charge in [0.25, 0.3) is 5.91 Å². The van der Waals surface area contributed by atoms with Crippen molar-refractivity contribution in [3.05, 3.63) is 77.5 Å². The first-order chi connectivity index (χ1) is 13.2. The van der Waals surface area contributed by atoms with Crippen LogP contribution < -0.4 is 10.3 Å². The lowest BCUT2D eigenvalue weighted by Gasteiger charge is -2.36. The molecule has 2 aliphatic rings. The van der Waals surface area contributed by atoms with E-state index in [0.717, 1.165) is 42.5 Å². The van der Waals surface area contributed by atoms with E-state index in [4.69, 9.17) is 11.6 Å². The van der Waals surface area contributed by atoms with Gasteiger partial charge in [-0.2, -0.15) is 0 Å². The Kier molecular flexibility index (Phi) is 5.32. The fourth-order valence-corrected chi connectivity index (χ4v) is 3.81. The third-order valence-corrected chi connectivity index (χ3v) is 5.32. The second-order valence-electron chi connectivity index (χ2n) is 6.85. The highest BCUT2D eigenvalue weighted by molar-refractivity contribution is 6.30. The summed E-state index contributed by atoms with van der Waals surface area (Å²) in [6, 6.07) is 18.0. The molecule has 0 spiro atoms. The van der Waals surface area contributed by atoms with Crippen LogP contribution >= 0.6 is 11.6 Å². The summed E-state index contributed by atoms with van der Waals surface area (Å²) in [5, 5.41) is 2.48. The van der Waals surface area contributed by atoms with E-state index in [0.29, 0.717) is 6.54 Å². The van der Waals surface area contributed by atoms with Crippen LogP contribution in [0.2, 0.25) is 5.02 Å². The number of carbonyl (C=O) groups excluding carboxylic acids is 1. The molecule has 0 radical (unpaired) electrons. The molecule has 2 aliphatic heterocycles. The quantitative estimate of drug-likeness (QED) is 0.882. The molecule has 0 saturated carbocycles. The number of hydrogen-bond acceptors (Lipinski definition) is 4. The van der Waals surface area contributed by atoms with Gasteiger partial charge < -0.3 is 10.3 Å². The maximum atomic E-state index is 12.8. The highest BCUT2D eigenvalue weighted by Gasteiger charge is 2.28. The maximum absolute atomic E-state index is 12.8. The Morgan fingerprint density at radius 2 is 1.81 bits per heavy atom. The van der Waals surface area contributed by atoms with Gasteiger partial charge in [-0.05, 0) is 29.8 Å². The molecule has 0 unspecified atom stereocenters. The molecule has 1 fully saturated rings. The molecule has 0 aliphatic carbocycles. The lowest BCUT2D eigenvalue weighted by Crippen LogP contribution is -2.51.